The lowest BCUT2D eigenvalue weighted by Gasteiger charge is -2.09. The largest absolute Gasteiger partial charge is 0.463 e. The van der Waals surface area contributed by atoms with Crippen LogP contribution in [0.5, 0.6) is 0 Å². The van der Waals surface area contributed by atoms with Gasteiger partial charge in [-0.25, -0.2) is 9.59 Å². The summed E-state index contributed by atoms with van der Waals surface area (Å²) in [6, 6.07) is 10.0. The van der Waals surface area contributed by atoms with E-state index in [0.717, 1.165) is 15.4 Å². The van der Waals surface area contributed by atoms with Gasteiger partial charge in [0.05, 0.1) is 13.7 Å². The number of esters is 1. The summed E-state index contributed by atoms with van der Waals surface area (Å²) in [5.41, 5.74) is 0.992. The van der Waals surface area contributed by atoms with Crippen molar-refractivity contribution < 1.29 is 23.5 Å². The smallest absolute Gasteiger partial charge is 0.373 e. The van der Waals surface area contributed by atoms with Gasteiger partial charge in [-0.05, 0) is 42.2 Å². The van der Waals surface area contributed by atoms with Gasteiger partial charge in [-0.3, -0.25) is 9.69 Å². The van der Waals surface area contributed by atoms with Crippen LogP contribution in [0.15, 0.2) is 51.4 Å². The number of methoxy groups -OCH3 is 1. The van der Waals surface area contributed by atoms with Crippen LogP contribution in [0.2, 0.25) is 0 Å². The Kier molecular flexibility index (Phi) is 5.13. The molecule has 1 fully saturated rings. The van der Waals surface area contributed by atoms with Crippen LogP contribution in [0, 0.1) is 0 Å². The van der Waals surface area contributed by atoms with Crippen LogP contribution in [0.4, 0.5) is 4.79 Å². The van der Waals surface area contributed by atoms with Gasteiger partial charge in [-0.1, -0.05) is 12.1 Å². The number of imide groups is 1. The Balaban J connectivity index is 1.75. The molecule has 0 bridgehead atoms. The van der Waals surface area contributed by atoms with Gasteiger partial charge in [0.2, 0.25) is 5.76 Å². The zero-order chi connectivity index (χ0) is 18.7. The number of carbonyl (C=O) groups excluding carboxylic acids is 3. The predicted octanol–water partition coefficient (Wildman–Crippen LogP) is 2.88. The number of thioether (sulfide) groups is 1. The number of nitrogens with zero attached hydrogens (tertiary/aromatic N) is 1. The van der Waals surface area contributed by atoms with Crippen molar-refractivity contribution in [3.05, 3.63) is 59.2 Å². The topological polar surface area (TPSA) is 88.9 Å². The quantitative estimate of drug-likeness (QED) is 0.376. The molecule has 0 atom stereocenters. The van der Waals surface area contributed by atoms with Crippen molar-refractivity contribution in [3.63, 3.8) is 0 Å². The van der Waals surface area contributed by atoms with Gasteiger partial charge in [0.25, 0.3) is 5.91 Å². The van der Waals surface area contributed by atoms with Crippen molar-refractivity contribution in [1.82, 2.24) is 10.2 Å². The lowest BCUT2D eigenvalue weighted by molar-refractivity contribution is -0.123. The normalized spacial score (nSPS) is 15.5. The summed E-state index contributed by atoms with van der Waals surface area (Å²) in [5.74, 6) is -0.763. The highest BCUT2D eigenvalue weighted by atomic mass is 32.2. The molecule has 1 N–H and O–H groups in total. The van der Waals surface area contributed by atoms with E-state index in [2.05, 4.69) is 10.1 Å². The maximum absolute atomic E-state index is 12.5. The summed E-state index contributed by atoms with van der Waals surface area (Å²) < 4.78 is 9.86. The van der Waals surface area contributed by atoms with Gasteiger partial charge in [0.1, 0.15) is 11.5 Å². The molecule has 7 nitrogen and oxygen atoms in total. The van der Waals surface area contributed by atoms with Gasteiger partial charge in [0, 0.05) is 4.90 Å². The second-order valence-corrected chi connectivity index (χ2v) is 6.29. The van der Waals surface area contributed by atoms with E-state index in [0.29, 0.717) is 5.76 Å². The van der Waals surface area contributed by atoms with E-state index < -0.39 is 17.9 Å². The van der Waals surface area contributed by atoms with Crippen LogP contribution in [0.1, 0.15) is 21.9 Å². The third-order valence-electron chi connectivity index (χ3n) is 3.75. The third kappa shape index (κ3) is 3.65. The average Bonchev–Trinajstić information content (AvgIpc) is 3.22. The molecule has 2 aromatic rings. The van der Waals surface area contributed by atoms with Crippen LogP contribution in [-0.2, 0) is 16.1 Å². The van der Waals surface area contributed by atoms with E-state index in [4.69, 9.17) is 4.42 Å². The minimum atomic E-state index is -0.622. The van der Waals surface area contributed by atoms with E-state index in [-0.39, 0.29) is 18.0 Å². The van der Waals surface area contributed by atoms with Crippen LogP contribution in [0.3, 0.4) is 0 Å². The molecule has 1 saturated heterocycles. The van der Waals surface area contributed by atoms with Crippen molar-refractivity contribution in [2.45, 2.75) is 11.4 Å². The molecule has 2 heterocycles. The molecule has 3 amide bonds. The molecule has 26 heavy (non-hydrogen) atoms. The van der Waals surface area contributed by atoms with Crippen LogP contribution >= 0.6 is 11.8 Å². The lowest BCUT2D eigenvalue weighted by atomic mass is 10.2. The standard InChI is InChI=1S/C18H16N2O5S/c1-24-17(22)15-8-5-12(25-15)10-20-16(21)14(19-18(20)23)9-11-3-6-13(26-2)7-4-11/h3-9H,10H2,1-2H3,(H,19,23). The van der Waals surface area contributed by atoms with Crippen molar-refractivity contribution in [2.75, 3.05) is 13.4 Å². The van der Waals surface area contributed by atoms with Crippen molar-refractivity contribution in [3.8, 4) is 0 Å². The Morgan fingerprint density at radius 3 is 2.62 bits per heavy atom. The Morgan fingerprint density at radius 2 is 1.96 bits per heavy atom. The van der Waals surface area contributed by atoms with Gasteiger partial charge in [-0.2, -0.15) is 0 Å². The fourth-order valence-electron chi connectivity index (χ4n) is 2.41. The molecule has 0 saturated carbocycles. The molecule has 0 unspecified atom stereocenters. The highest BCUT2D eigenvalue weighted by Crippen LogP contribution is 2.20. The third-order valence-corrected chi connectivity index (χ3v) is 4.49. The second kappa shape index (κ2) is 7.49. The minimum Gasteiger partial charge on any atom is -0.463 e. The SMILES string of the molecule is COC(=O)c1ccc(CN2C(=O)NC(=Cc3ccc(SC)cc3)C2=O)o1. The molecule has 0 radical (unpaired) electrons. The highest BCUT2D eigenvalue weighted by Gasteiger charge is 2.34. The van der Waals surface area contributed by atoms with E-state index in [1.807, 2.05) is 30.5 Å². The summed E-state index contributed by atoms with van der Waals surface area (Å²) in [7, 11) is 1.24. The van der Waals surface area contributed by atoms with Gasteiger partial charge >= 0.3 is 12.0 Å². The molecule has 1 aliphatic heterocycles. The molecule has 3 rings (SSSR count). The first-order valence-corrected chi connectivity index (χ1v) is 8.90. The van der Waals surface area contributed by atoms with Crippen LogP contribution < -0.4 is 5.32 Å². The number of hydrogen-bond donors (Lipinski definition) is 1. The highest BCUT2D eigenvalue weighted by molar-refractivity contribution is 7.98. The minimum absolute atomic E-state index is 0.0132. The Labute approximate surface area is 154 Å². The number of furan rings is 1. The molecule has 8 heteroatoms. The average molecular weight is 372 g/mol. The number of ether oxygens (including phenoxy) is 1. The first-order valence-electron chi connectivity index (χ1n) is 7.67. The van der Waals surface area contributed by atoms with Crippen LogP contribution in [0.25, 0.3) is 6.08 Å². The summed E-state index contributed by atoms with van der Waals surface area (Å²) in [6.07, 6.45) is 3.60. The van der Waals surface area contributed by atoms with Gasteiger partial charge in [0.15, 0.2) is 0 Å². The van der Waals surface area contributed by atoms with E-state index in [1.165, 1.54) is 19.2 Å². The van der Waals surface area contributed by atoms with Crippen molar-refractivity contribution in [2.24, 2.45) is 0 Å². The number of rotatable bonds is 5. The number of benzene rings is 1. The zero-order valence-electron chi connectivity index (χ0n) is 14.1. The number of nitrogens with one attached hydrogen (secondary N) is 1. The maximum Gasteiger partial charge on any atom is 0.373 e. The van der Waals surface area contributed by atoms with E-state index in [9.17, 15) is 14.4 Å². The Hall–Kier alpha value is -3.00. The Bertz CT molecular complexity index is 885. The number of urea groups is 1. The predicted molar refractivity (Wildman–Crippen MR) is 95.3 cm³/mol. The number of amides is 3. The number of hydrogen-bond acceptors (Lipinski definition) is 6. The van der Waals surface area contributed by atoms with E-state index >= 15 is 0 Å². The van der Waals surface area contributed by atoms with Crippen molar-refractivity contribution >= 4 is 35.7 Å². The lowest BCUT2D eigenvalue weighted by Crippen LogP contribution is -2.30. The molecular weight excluding hydrogens is 356 g/mol. The fourth-order valence-corrected chi connectivity index (χ4v) is 2.82. The zero-order valence-corrected chi connectivity index (χ0v) is 15.0. The summed E-state index contributed by atoms with van der Waals surface area (Å²) in [5, 5.41) is 2.55. The molecule has 134 valence electrons. The summed E-state index contributed by atoms with van der Waals surface area (Å²) >= 11 is 1.62. The van der Waals surface area contributed by atoms with Crippen molar-refractivity contribution in [1.29, 1.82) is 0 Å². The van der Waals surface area contributed by atoms with Crippen LogP contribution in [-0.4, -0.2) is 36.2 Å². The maximum atomic E-state index is 12.5. The van der Waals surface area contributed by atoms with Gasteiger partial charge in [-0.15, -0.1) is 11.8 Å². The number of carbonyl (C=O) groups is 3. The van der Waals surface area contributed by atoms with E-state index in [1.54, 1.807) is 17.8 Å². The molecule has 1 aliphatic rings. The summed E-state index contributed by atoms with van der Waals surface area (Å²) in [4.78, 5) is 38.1. The first-order chi connectivity index (χ1) is 12.5. The molecular formula is C18H16N2O5S. The monoisotopic (exact) mass is 372 g/mol. The Morgan fingerprint density at radius 1 is 1.23 bits per heavy atom. The summed E-state index contributed by atoms with van der Waals surface area (Å²) in [6.45, 7) is -0.0790. The molecule has 1 aromatic carbocycles. The fraction of sp³-hybridized carbons (Fsp3) is 0.167. The van der Waals surface area contributed by atoms with Gasteiger partial charge < -0.3 is 14.5 Å². The first kappa shape index (κ1) is 17.8. The molecule has 0 aliphatic carbocycles. The molecule has 1 aromatic heterocycles. The second-order valence-electron chi connectivity index (χ2n) is 5.41. The molecule has 0 spiro atoms.